The number of hydrogen-bond donors (Lipinski definition) is 1. The minimum atomic E-state index is 0.0454. The van der Waals surface area contributed by atoms with Crippen LogP contribution in [0.15, 0.2) is 24.3 Å². The van der Waals surface area contributed by atoms with Crippen molar-refractivity contribution >= 4 is 17.5 Å². The standard InChI is InChI=1S/C18H26ClNO/c1-3-18(4-2,12-19)13-20-17(21)16-10-9-14-7-5-6-8-15(14)11-16/h5-8,16H,3-4,9-13H2,1-2H3,(H,20,21). The largest absolute Gasteiger partial charge is 0.355 e. The van der Waals surface area contributed by atoms with Gasteiger partial charge < -0.3 is 5.32 Å². The van der Waals surface area contributed by atoms with E-state index in [1.807, 2.05) is 0 Å². The first kappa shape index (κ1) is 16.4. The summed E-state index contributed by atoms with van der Waals surface area (Å²) in [5.74, 6) is 0.913. The van der Waals surface area contributed by atoms with Crippen molar-refractivity contribution in [2.24, 2.45) is 11.3 Å². The van der Waals surface area contributed by atoms with E-state index < -0.39 is 0 Å². The molecule has 116 valence electrons. The molecule has 2 rings (SSSR count). The van der Waals surface area contributed by atoms with Gasteiger partial charge in [0.25, 0.3) is 0 Å². The highest BCUT2D eigenvalue weighted by atomic mass is 35.5. The van der Waals surface area contributed by atoms with Crippen LogP contribution in [0, 0.1) is 11.3 Å². The van der Waals surface area contributed by atoms with Crippen molar-refractivity contribution in [3.05, 3.63) is 35.4 Å². The van der Waals surface area contributed by atoms with E-state index in [-0.39, 0.29) is 17.2 Å². The van der Waals surface area contributed by atoms with Crippen molar-refractivity contribution in [3.63, 3.8) is 0 Å². The van der Waals surface area contributed by atoms with Gasteiger partial charge >= 0.3 is 0 Å². The summed E-state index contributed by atoms with van der Waals surface area (Å²) in [5.41, 5.74) is 2.78. The lowest BCUT2D eigenvalue weighted by Gasteiger charge is -2.31. The number of alkyl halides is 1. The predicted molar refractivity (Wildman–Crippen MR) is 88.7 cm³/mol. The van der Waals surface area contributed by atoms with Crippen LogP contribution in [0.25, 0.3) is 0 Å². The van der Waals surface area contributed by atoms with Crippen LogP contribution in [0.1, 0.15) is 44.2 Å². The predicted octanol–water partition coefficient (Wildman–Crippen LogP) is 3.95. The van der Waals surface area contributed by atoms with Gasteiger partial charge in [0.05, 0.1) is 0 Å². The van der Waals surface area contributed by atoms with Gasteiger partial charge in [0.2, 0.25) is 5.91 Å². The Kier molecular flexibility index (Phi) is 5.69. The van der Waals surface area contributed by atoms with Gasteiger partial charge in [0.1, 0.15) is 0 Å². The average Bonchev–Trinajstić information content (AvgIpc) is 2.56. The van der Waals surface area contributed by atoms with Crippen molar-refractivity contribution in [2.75, 3.05) is 12.4 Å². The Morgan fingerprint density at radius 3 is 2.57 bits per heavy atom. The van der Waals surface area contributed by atoms with Crippen molar-refractivity contribution in [1.29, 1.82) is 0 Å². The minimum Gasteiger partial charge on any atom is -0.355 e. The first-order chi connectivity index (χ1) is 10.1. The molecule has 1 atom stereocenters. The van der Waals surface area contributed by atoms with Crippen molar-refractivity contribution < 1.29 is 4.79 Å². The highest BCUT2D eigenvalue weighted by Crippen LogP contribution is 2.28. The number of fused-ring (bicyclic) bond motifs is 1. The summed E-state index contributed by atoms with van der Waals surface area (Å²) in [6.45, 7) is 4.99. The number of rotatable bonds is 6. The fourth-order valence-corrected chi connectivity index (χ4v) is 3.55. The van der Waals surface area contributed by atoms with Gasteiger partial charge in [0, 0.05) is 23.8 Å². The minimum absolute atomic E-state index is 0.0454. The van der Waals surface area contributed by atoms with E-state index in [0.29, 0.717) is 12.4 Å². The van der Waals surface area contributed by atoms with Gasteiger partial charge in [-0.2, -0.15) is 0 Å². The van der Waals surface area contributed by atoms with Crippen LogP contribution in [0.4, 0.5) is 0 Å². The lowest BCUT2D eigenvalue weighted by Crippen LogP contribution is -2.42. The quantitative estimate of drug-likeness (QED) is 0.792. The number of nitrogens with one attached hydrogen (secondary N) is 1. The van der Waals surface area contributed by atoms with Gasteiger partial charge in [-0.05, 0) is 43.2 Å². The maximum Gasteiger partial charge on any atom is 0.223 e. The molecule has 1 aromatic carbocycles. The molecular weight excluding hydrogens is 282 g/mol. The van der Waals surface area contributed by atoms with E-state index in [9.17, 15) is 4.79 Å². The second kappa shape index (κ2) is 7.31. The summed E-state index contributed by atoms with van der Waals surface area (Å²) in [4.78, 5) is 12.4. The molecule has 21 heavy (non-hydrogen) atoms. The first-order valence-corrected chi connectivity index (χ1v) is 8.58. The number of benzene rings is 1. The summed E-state index contributed by atoms with van der Waals surface area (Å²) in [7, 11) is 0. The van der Waals surface area contributed by atoms with Gasteiger partial charge in [0.15, 0.2) is 0 Å². The first-order valence-electron chi connectivity index (χ1n) is 8.04. The van der Waals surface area contributed by atoms with Gasteiger partial charge in [-0.15, -0.1) is 11.6 Å². The van der Waals surface area contributed by atoms with Crippen LogP contribution >= 0.6 is 11.6 Å². The third-order valence-electron chi connectivity index (χ3n) is 5.14. The van der Waals surface area contributed by atoms with Crippen LogP contribution in [-0.2, 0) is 17.6 Å². The van der Waals surface area contributed by atoms with E-state index in [2.05, 4.69) is 43.4 Å². The number of aryl methyl sites for hydroxylation is 1. The van der Waals surface area contributed by atoms with Gasteiger partial charge in [-0.3, -0.25) is 4.79 Å². The Labute approximate surface area is 133 Å². The molecule has 0 bridgehead atoms. The monoisotopic (exact) mass is 307 g/mol. The van der Waals surface area contributed by atoms with E-state index >= 15 is 0 Å². The molecule has 0 spiro atoms. The van der Waals surface area contributed by atoms with E-state index in [4.69, 9.17) is 11.6 Å². The van der Waals surface area contributed by atoms with Crippen molar-refractivity contribution in [2.45, 2.75) is 46.0 Å². The lowest BCUT2D eigenvalue weighted by molar-refractivity contribution is -0.125. The SMILES string of the molecule is CCC(CC)(CCl)CNC(=O)C1CCc2ccccc2C1. The number of carbonyl (C=O) groups excluding carboxylic acids is 1. The zero-order chi connectivity index (χ0) is 15.3. The van der Waals surface area contributed by atoms with E-state index in [1.54, 1.807) is 0 Å². The summed E-state index contributed by atoms with van der Waals surface area (Å²) >= 11 is 6.11. The molecule has 0 radical (unpaired) electrons. The summed E-state index contributed by atoms with van der Waals surface area (Å²) < 4.78 is 0. The molecule has 0 aromatic heterocycles. The van der Waals surface area contributed by atoms with E-state index in [0.717, 1.165) is 32.1 Å². The van der Waals surface area contributed by atoms with E-state index in [1.165, 1.54) is 11.1 Å². The molecule has 1 N–H and O–H groups in total. The zero-order valence-corrected chi connectivity index (χ0v) is 13.9. The maximum atomic E-state index is 12.4. The average molecular weight is 308 g/mol. The fourth-order valence-electron chi connectivity index (χ4n) is 3.08. The fraction of sp³-hybridized carbons (Fsp3) is 0.611. The number of amides is 1. The number of hydrogen-bond acceptors (Lipinski definition) is 1. The molecule has 0 saturated carbocycles. The topological polar surface area (TPSA) is 29.1 Å². The Balaban J connectivity index is 1.93. The molecule has 0 aliphatic heterocycles. The van der Waals surface area contributed by atoms with Gasteiger partial charge in [-0.25, -0.2) is 0 Å². The highest BCUT2D eigenvalue weighted by Gasteiger charge is 2.29. The smallest absolute Gasteiger partial charge is 0.223 e. The Bertz CT molecular complexity index is 474. The van der Waals surface area contributed by atoms with Crippen LogP contribution in [-0.4, -0.2) is 18.3 Å². The Morgan fingerprint density at radius 2 is 1.95 bits per heavy atom. The highest BCUT2D eigenvalue weighted by molar-refractivity contribution is 6.18. The van der Waals surface area contributed by atoms with Crippen molar-refractivity contribution in [1.82, 2.24) is 5.32 Å². The maximum absolute atomic E-state index is 12.4. The van der Waals surface area contributed by atoms with Crippen LogP contribution < -0.4 is 5.32 Å². The Morgan fingerprint density at radius 1 is 1.29 bits per heavy atom. The molecule has 1 amide bonds. The second-order valence-electron chi connectivity index (χ2n) is 6.27. The Hall–Kier alpha value is -1.02. The molecule has 1 aromatic rings. The third-order valence-corrected chi connectivity index (χ3v) is 5.71. The molecule has 3 heteroatoms. The zero-order valence-electron chi connectivity index (χ0n) is 13.1. The summed E-state index contributed by atoms with van der Waals surface area (Å²) in [5, 5.41) is 3.15. The van der Waals surface area contributed by atoms with Crippen LogP contribution in [0.5, 0.6) is 0 Å². The number of halogens is 1. The lowest BCUT2D eigenvalue weighted by atomic mass is 9.82. The molecule has 2 nitrogen and oxygen atoms in total. The number of carbonyl (C=O) groups is 1. The van der Waals surface area contributed by atoms with Crippen LogP contribution in [0.2, 0.25) is 0 Å². The molecule has 0 fully saturated rings. The van der Waals surface area contributed by atoms with Gasteiger partial charge in [-0.1, -0.05) is 38.1 Å². The summed E-state index contributed by atoms with van der Waals surface area (Å²) in [6, 6.07) is 8.47. The van der Waals surface area contributed by atoms with Crippen LogP contribution in [0.3, 0.4) is 0 Å². The molecule has 0 heterocycles. The normalized spacial score (nSPS) is 18.1. The van der Waals surface area contributed by atoms with Crippen molar-refractivity contribution in [3.8, 4) is 0 Å². The summed E-state index contributed by atoms with van der Waals surface area (Å²) in [6.07, 6.45) is 4.83. The molecule has 1 aliphatic carbocycles. The molecule has 0 saturated heterocycles. The molecular formula is C18H26ClNO. The second-order valence-corrected chi connectivity index (χ2v) is 6.53. The molecule has 1 unspecified atom stereocenters. The third kappa shape index (κ3) is 3.79. The molecule has 1 aliphatic rings.